The number of ether oxygens (including phenoxy) is 1. The Hall–Kier alpha value is -0.610. The van der Waals surface area contributed by atoms with Gasteiger partial charge in [0.15, 0.2) is 5.13 Å². The van der Waals surface area contributed by atoms with Gasteiger partial charge in [0.2, 0.25) is 0 Å². The third kappa shape index (κ3) is 1.95. The Bertz CT molecular complexity index is 247. The fourth-order valence-corrected chi connectivity index (χ4v) is 2.09. The van der Waals surface area contributed by atoms with Gasteiger partial charge in [-0.15, -0.1) is 0 Å². The topological polar surface area (TPSA) is 48.1 Å². The number of anilines is 1. The summed E-state index contributed by atoms with van der Waals surface area (Å²) in [6.45, 7) is 4.23. The first kappa shape index (κ1) is 9.48. The molecule has 0 aliphatic rings. The van der Waals surface area contributed by atoms with Crippen molar-refractivity contribution in [1.82, 2.24) is 4.98 Å². The van der Waals surface area contributed by atoms with Crippen LogP contribution in [0.5, 0.6) is 0 Å². The van der Waals surface area contributed by atoms with Crippen LogP contribution in [-0.4, -0.2) is 12.1 Å². The van der Waals surface area contributed by atoms with Crippen LogP contribution in [0.3, 0.4) is 0 Å². The van der Waals surface area contributed by atoms with Crippen molar-refractivity contribution >= 4 is 16.5 Å². The van der Waals surface area contributed by atoms with E-state index < -0.39 is 0 Å². The summed E-state index contributed by atoms with van der Waals surface area (Å²) in [7, 11) is 1.71. The quantitative estimate of drug-likeness (QED) is 0.786. The van der Waals surface area contributed by atoms with E-state index in [2.05, 4.69) is 18.8 Å². The molecule has 1 rings (SSSR count). The van der Waals surface area contributed by atoms with E-state index in [0.29, 0.717) is 11.0 Å². The molecule has 1 unspecified atom stereocenters. The van der Waals surface area contributed by atoms with E-state index in [1.54, 1.807) is 13.3 Å². The Kier molecular flexibility index (Phi) is 3.05. The Balaban J connectivity index is 2.80. The molecule has 0 aliphatic heterocycles. The molecule has 1 heterocycles. The number of thiazole rings is 1. The molecule has 68 valence electrons. The van der Waals surface area contributed by atoms with Crippen molar-refractivity contribution in [3.05, 3.63) is 11.1 Å². The normalized spacial score (nSPS) is 13.7. The first-order valence-electron chi connectivity index (χ1n) is 3.89. The molecule has 1 aromatic heterocycles. The molecule has 0 aliphatic carbocycles. The third-order valence-corrected chi connectivity index (χ3v) is 2.57. The van der Waals surface area contributed by atoms with Gasteiger partial charge in [0, 0.05) is 13.3 Å². The minimum atomic E-state index is 0.125. The van der Waals surface area contributed by atoms with Gasteiger partial charge in [0.25, 0.3) is 0 Å². The maximum absolute atomic E-state index is 5.52. The van der Waals surface area contributed by atoms with E-state index >= 15 is 0 Å². The van der Waals surface area contributed by atoms with Crippen molar-refractivity contribution in [3.63, 3.8) is 0 Å². The summed E-state index contributed by atoms with van der Waals surface area (Å²) in [5.74, 6) is 0.454. The van der Waals surface area contributed by atoms with Gasteiger partial charge in [-0.3, -0.25) is 0 Å². The number of nitrogens with zero attached hydrogens (tertiary/aromatic N) is 1. The molecule has 0 fully saturated rings. The third-order valence-electron chi connectivity index (χ3n) is 1.68. The van der Waals surface area contributed by atoms with Crippen molar-refractivity contribution in [2.24, 2.45) is 5.92 Å². The molecule has 0 amide bonds. The summed E-state index contributed by atoms with van der Waals surface area (Å²) < 4.78 is 5.33. The maximum atomic E-state index is 5.52. The smallest absolute Gasteiger partial charge is 0.180 e. The summed E-state index contributed by atoms with van der Waals surface area (Å²) >= 11 is 1.49. The lowest BCUT2D eigenvalue weighted by atomic mass is 10.1. The highest BCUT2D eigenvalue weighted by molar-refractivity contribution is 7.15. The Morgan fingerprint density at radius 2 is 2.25 bits per heavy atom. The van der Waals surface area contributed by atoms with Crippen molar-refractivity contribution in [1.29, 1.82) is 0 Å². The molecule has 12 heavy (non-hydrogen) atoms. The average molecular weight is 186 g/mol. The molecule has 2 N–H and O–H groups in total. The molecule has 1 atom stereocenters. The Labute approximate surface area is 76.6 Å². The number of aromatic nitrogens is 1. The van der Waals surface area contributed by atoms with Crippen molar-refractivity contribution in [2.45, 2.75) is 20.0 Å². The first-order chi connectivity index (χ1) is 5.65. The highest BCUT2D eigenvalue weighted by Gasteiger charge is 2.16. The molecule has 1 aromatic rings. The van der Waals surface area contributed by atoms with Crippen molar-refractivity contribution in [3.8, 4) is 0 Å². The number of rotatable bonds is 3. The van der Waals surface area contributed by atoms with Crippen molar-refractivity contribution in [2.75, 3.05) is 12.8 Å². The van der Waals surface area contributed by atoms with Gasteiger partial charge in [0.1, 0.15) is 0 Å². The van der Waals surface area contributed by atoms with Gasteiger partial charge in [-0.1, -0.05) is 25.2 Å². The highest BCUT2D eigenvalue weighted by Crippen LogP contribution is 2.30. The SMILES string of the molecule is COC(c1cnc(N)s1)C(C)C. The summed E-state index contributed by atoms with van der Waals surface area (Å²) in [5, 5.41) is 0.604. The van der Waals surface area contributed by atoms with E-state index in [4.69, 9.17) is 10.5 Å². The maximum Gasteiger partial charge on any atom is 0.180 e. The number of methoxy groups -OCH3 is 1. The lowest BCUT2D eigenvalue weighted by molar-refractivity contribution is 0.0673. The fraction of sp³-hybridized carbons (Fsp3) is 0.625. The molecule has 4 heteroatoms. The number of nitrogen functional groups attached to an aromatic ring is 1. The van der Waals surface area contributed by atoms with Crippen LogP contribution in [0.2, 0.25) is 0 Å². The summed E-state index contributed by atoms with van der Waals surface area (Å²) in [4.78, 5) is 5.09. The zero-order valence-corrected chi connectivity index (χ0v) is 8.39. The minimum Gasteiger partial charge on any atom is -0.376 e. The van der Waals surface area contributed by atoms with Crippen LogP contribution in [0.1, 0.15) is 24.8 Å². The second-order valence-electron chi connectivity index (χ2n) is 3.00. The van der Waals surface area contributed by atoms with Gasteiger partial charge >= 0.3 is 0 Å². The lowest BCUT2D eigenvalue weighted by Crippen LogP contribution is -2.06. The second-order valence-corrected chi connectivity index (χ2v) is 4.09. The first-order valence-corrected chi connectivity index (χ1v) is 4.70. The van der Waals surface area contributed by atoms with Crippen LogP contribution >= 0.6 is 11.3 Å². The van der Waals surface area contributed by atoms with Crippen LogP contribution in [0.4, 0.5) is 5.13 Å². The van der Waals surface area contributed by atoms with Gasteiger partial charge in [-0.05, 0) is 5.92 Å². The summed E-state index contributed by atoms with van der Waals surface area (Å²) in [6, 6.07) is 0. The molecule has 0 spiro atoms. The largest absolute Gasteiger partial charge is 0.376 e. The fourth-order valence-electron chi connectivity index (χ4n) is 1.15. The van der Waals surface area contributed by atoms with E-state index in [1.165, 1.54) is 11.3 Å². The van der Waals surface area contributed by atoms with Crippen LogP contribution in [0.15, 0.2) is 6.20 Å². The molecule has 0 saturated carbocycles. The monoisotopic (exact) mass is 186 g/mol. The molecular weight excluding hydrogens is 172 g/mol. The van der Waals surface area contributed by atoms with Crippen LogP contribution in [-0.2, 0) is 4.74 Å². The Morgan fingerprint density at radius 1 is 1.58 bits per heavy atom. The van der Waals surface area contributed by atoms with E-state index in [9.17, 15) is 0 Å². The molecule has 0 saturated heterocycles. The van der Waals surface area contributed by atoms with Crippen LogP contribution in [0.25, 0.3) is 0 Å². The van der Waals surface area contributed by atoms with Gasteiger partial charge in [0.05, 0.1) is 11.0 Å². The number of nitrogens with two attached hydrogens (primary N) is 1. The molecular formula is C8H14N2OS. The van der Waals surface area contributed by atoms with Gasteiger partial charge < -0.3 is 10.5 Å². The highest BCUT2D eigenvalue weighted by atomic mass is 32.1. The Morgan fingerprint density at radius 3 is 2.58 bits per heavy atom. The van der Waals surface area contributed by atoms with E-state index in [0.717, 1.165) is 4.88 Å². The molecule has 0 bridgehead atoms. The van der Waals surface area contributed by atoms with Crippen LogP contribution < -0.4 is 5.73 Å². The molecule has 0 aromatic carbocycles. The zero-order valence-electron chi connectivity index (χ0n) is 7.57. The van der Waals surface area contributed by atoms with E-state index in [-0.39, 0.29) is 6.10 Å². The van der Waals surface area contributed by atoms with Crippen LogP contribution in [0, 0.1) is 5.92 Å². The standard InChI is InChI=1S/C8H14N2OS/c1-5(2)7(11-3)6-4-10-8(9)12-6/h4-5,7H,1-3H3,(H2,9,10). The predicted molar refractivity (Wildman–Crippen MR) is 51.1 cm³/mol. The van der Waals surface area contributed by atoms with Crippen molar-refractivity contribution < 1.29 is 4.74 Å². The van der Waals surface area contributed by atoms with Gasteiger partial charge in [-0.2, -0.15) is 0 Å². The lowest BCUT2D eigenvalue weighted by Gasteiger charge is -2.16. The minimum absolute atomic E-state index is 0.125. The number of hydrogen-bond acceptors (Lipinski definition) is 4. The van der Waals surface area contributed by atoms with E-state index in [1.807, 2.05) is 0 Å². The zero-order chi connectivity index (χ0) is 9.14. The van der Waals surface area contributed by atoms with Gasteiger partial charge in [-0.25, -0.2) is 4.98 Å². The summed E-state index contributed by atoms with van der Waals surface area (Å²) in [5.41, 5.74) is 5.52. The predicted octanol–water partition coefficient (Wildman–Crippen LogP) is 2.07. The molecule has 3 nitrogen and oxygen atoms in total. The molecule has 0 radical (unpaired) electrons. The summed E-state index contributed by atoms with van der Waals surface area (Å²) in [6.07, 6.45) is 1.91. The second kappa shape index (κ2) is 3.87. The average Bonchev–Trinajstić information content (AvgIpc) is 2.37. The number of hydrogen-bond donors (Lipinski definition) is 1.